The van der Waals surface area contributed by atoms with E-state index in [2.05, 4.69) is 5.32 Å². The minimum atomic E-state index is -4.86. The molecule has 146 valence electrons. The summed E-state index contributed by atoms with van der Waals surface area (Å²) in [7, 11) is -3.58. The molecule has 0 atom stereocenters. The summed E-state index contributed by atoms with van der Waals surface area (Å²) < 4.78 is 64.8. The van der Waals surface area contributed by atoms with Gasteiger partial charge in [0, 0.05) is 7.05 Å². The van der Waals surface area contributed by atoms with Crippen molar-refractivity contribution in [2.75, 3.05) is 18.9 Å². The number of rotatable bonds is 5. The summed E-state index contributed by atoms with van der Waals surface area (Å²) >= 11 is 11.8. The molecule has 0 unspecified atom stereocenters. The molecule has 0 aliphatic carbocycles. The van der Waals surface area contributed by atoms with Crippen molar-refractivity contribution in [3.8, 4) is 0 Å². The lowest BCUT2D eigenvalue weighted by atomic mass is 10.2. The molecule has 0 bridgehead atoms. The maximum atomic E-state index is 13.1. The van der Waals surface area contributed by atoms with Gasteiger partial charge in [0.15, 0.2) is 0 Å². The van der Waals surface area contributed by atoms with Gasteiger partial charge in [-0.05, 0) is 24.3 Å². The SMILES string of the molecule is CN(CC(=O)Nc1c(Cl)cccc1Cl)S(=O)(=O)c1ccccc1C(F)(F)F. The molecule has 0 spiro atoms. The summed E-state index contributed by atoms with van der Waals surface area (Å²) in [5, 5.41) is 2.60. The highest BCUT2D eigenvalue weighted by atomic mass is 35.5. The molecule has 2 rings (SSSR count). The van der Waals surface area contributed by atoms with Crippen LogP contribution in [0.3, 0.4) is 0 Å². The Hall–Kier alpha value is -1.81. The number of alkyl halides is 3. The average molecular weight is 441 g/mol. The third-order valence-electron chi connectivity index (χ3n) is 3.47. The maximum Gasteiger partial charge on any atom is 0.417 e. The van der Waals surface area contributed by atoms with Gasteiger partial charge in [0.05, 0.1) is 32.7 Å². The summed E-state index contributed by atoms with van der Waals surface area (Å²) in [5.41, 5.74) is -1.24. The van der Waals surface area contributed by atoms with Crippen LogP contribution in [-0.4, -0.2) is 32.2 Å². The first-order valence-electron chi connectivity index (χ1n) is 7.31. The van der Waals surface area contributed by atoms with E-state index in [9.17, 15) is 26.4 Å². The molecule has 27 heavy (non-hydrogen) atoms. The van der Waals surface area contributed by atoms with E-state index in [0.29, 0.717) is 10.4 Å². The quantitative estimate of drug-likeness (QED) is 0.754. The Labute approximate surface area is 163 Å². The van der Waals surface area contributed by atoms with Gasteiger partial charge < -0.3 is 5.32 Å². The second kappa shape index (κ2) is 8.05. The molecule has 0 radical (unpaired) electrons. The zero-order chi connectivity index (χ0) is 20.4. The highest BCUT2D eigenvalue weighted by Gasteiger charge is 2.38. The molecule has 1 amide bonds. The standard InChI is InChI=1S/C16H13Cl2F3N2O3S/c1-23(9-14(24)22-15-11(17)6-4-7-12(15)18)27(25,26)13-8-3-2-5-10(13)16(19,20)21/h2-8H,9H2,1H3,(H,22,24). The fraction of sp³-hybridized carbons (Fsp3) is 0.188. The molecule has 0 aliphatic heterocycles. The molecule has 11 heteroatoms. The van der Waals surface area contributed by atoms with Crippen LogP contribution in [0.5, 0.6) is 0 Å². The number of amides is 1. The number of nitrogens with one attached hydrogen (secondary N) is 1. The number of anilines is 1. The Bertz CT molecular complexity index is 945. The first-order chi connectivity index (χ1) is 12.4. The van der Waals surface area contributed by atoms with Crippen LogP contribution in [-0.2, 0) is 21.0 Å². The van der Waals surface area contributed by atoms with Crippen molar-refractivity contribution in [3.05, 3.63) is 58.1 Å². The number of carbonyl (C=O) groups excluding carboxylic acids is 1. The van der Waals surface area contributed by atoms with Crippen molar-refractivity contribution >= 4 is 44.8 Å². The lowest BCUT2D eigenvalue weighted by molar-refractivity contribution is -0.139. The van der Waals surface area contributed by atoms with Crippen molar-refractivity contribution in [2.45, 2.75) is 11.1 Å². The van der Waals surface area contributed by atoms with Crippen molar-refractivity contribution in [1.82, 2.24) is 4.31 Å². The van der Waals surface area contributed by atoms with E-state index in [1.54, 1.807) is 6.07 Å². The second-order valence-corrected chi connectivity index (χ2v) is 8.23. The van der Waals surface area contributed by atoms with E-state index >= 15 is 0 Å². The zero-order valence-electron chi connectivity index (χ0n) is 13.7. The average Bonchev–Trinajstić information content (AvgIpc) is 2.57. The Morgan fingerprint density at radius 3 is 2.19 bits per heavy atom. The van der Waals surface area contributed by atoms with Gasteiger partial charge in [0.1, 0.15) is 0 Å². The Balaban J connectivity index is 2.25. The van der Waals surface area contributed by atoms with Gasteiger partial charge >= 0.3 is 6.18 Å². The topological polar surface area (TPSA) is 66.5 Å². The predicted octanol–water partition coefficient (Wildman–Crippen LogP) is 4.27. The number of benzene rings is 2. The van der Waals surface area contributed by atoms with E-state index in [-0.39, 0.29) is 15.7 Å². The van der Waals surface area contributed by atoms with E-state index in [1.165, 1.54) is 18.2 Å². The van der Waals surface area contributed by atoms with Crippen LogP contribution in [0.2, 0.25) is 10.0 Å². The molecule has 5 nitrogen and oxygen atoms in total. The number of para-hydroxylation sites is 1. The summed E-state index contributed by atoms with van der Waals surface area (Å²) in [4.78, 5) is 11.2. The smallest absolute Gasteiger partial charge is 0.322 e. The van der Waals surface area contributed by atoms with Crippen molar-refractivity contribution in [2.24, 2.45) is 0 Å². The van der Waals surface area contributed by atoms with Gasteiger partial charge in [0.25, 0.3) is 0 Å². The first kappa shape index (κ1) is 21.5. The van der Waals surface area contributed by atoms with Gasteiger partial charge in [-0.3, -0.25) is 4.79 Å². The number of sulfonamides is 1. The first-order valence-corrected chi connectivity index (χ1v) is 9.50. The lowest BCUT2D eigenvalue weighted by Gasteiger charge is -2.20. The maximum absolute atomic E-state index is 13.1. The van der Waals surface area contributed by atoms with Gasteiger partial charge in [-0.15, -0.1) is 0 Å². The fourth-order valence-corrected chi connectivity index (χ4v) is 4.00. The Morgan fingerprint density at radius 2 is 1.63 bits per heavy atom. The van der Waals surface area contributed by atoms with Crippen LogP contribution >= 0.6 is 23.2 Å². The van der Waals surface area contributed by atoms with E-state index in [4.69, 9.17) is 23.2 Å². The number of halogens is 5. The van der Waals surface area contributed by atoms with E-state index in [1.807, 2.05) is 0 Å². The van der Waals surface area contributed by atoms with Crippen molar-refractivity contribution < 1.29 is 26.4 Å². The van der Waals surface area contributed by atoms with Gasteiger partial charge in [-0.25, -0.2) is 8.42 Å². The monoisotopic (exact) mass is 440 g/mol. The van der Waals surface area contributed by atoms with Crippen LogP contribution in [0.4, 0.5) is 18.9 Å². The molecule has 0 saturated carbocycles. The lowest BCUT2D eigenvalue weighted by Crippen LogP contribution is -2.36. The van der Waals surface area contributed by atoms with Crippen LogP contribution in [0.25, 0.3) is 0 Å². The van der Waals surface area contributed by atoms with Gasteiger partial charge in [-0.1, -0.05) is 41.4 Å². The number of likely N-dealkylation sites (N-methyl/N-ethyl adjacent to an activating group) is 1. The molecular formula is C16H13Cl2F3N2O3S. The predicted molar refractivity (Wildman–Crippen MR) is 96.4 cm³/mol. The number of hydrogen-bond donors (Lipinski definition) is 1. The van der Waals surface area contributed by atoms with Crippen LogP contribution in [0, 0.1) is 0 Å². The van der Waals surface area contributed by atoms with Crippen molar-refractivity contribution in [1.29, 1.82) is 0 Å². The highest BCUT2D eigenvalue weighted by Crippen LogP contribution is 2.35. The van der Waals surface area contributed by atoms with Gasteiger partial charge in [-0.2, -0.15) is 17.5 Å². The van der Waals surface area contributed by atoms with Gasteiger partial charge in [0.2, 0.25) is 15.9 Å². The third-order valence-corrected chi connectivity index (χ3v) is 5.97. The third kappa shape index (κ3) is 4.92. The van der Waals surface area contributed by atoms with E-state index in [0.717, 1.165) is 19.2 Å². The van der Waals surface area contributed by atoms with Crippen LogP contribution < -0.4 is 5.32 Å². The normalized spacial score (nSPS) is 12.3. The van der Waals surface area contributed by atoms with Crippen LogP contribution in [0.1, 0.15) is 5.56 Å². The molecule has 0 fully saturated rings. The number of nitrogens with zero attached hydrogens (tertiary/aromatic N) is 1. The number of hydrogen-bond acceptors (Lipinski definition) is 3. The molecule has 0 aromatic heterocycles. The molecule has 1 N–H and O–H groups in total. The molecule has 2 aromatic carbocycles. The highest BCUT2D eigenvalue weighted by molar-refractivity contribution is 7.89. The van der Waals surface area contributed by atoms with Crippen LogP contribution in [0.15, 0.2) is 47.4 Å². The minimum absolute atomic E-state index is 0.0762. The summed E-state index contributed by atoms with van der Waals surface area (Å²) in [6.07, 6.45) is -4.86. The number of carbonyl (C=O) groups is 1. The molecule has 0 heterocycles. The molecule has 0 saturated heterocycles. The summed E-state index contributed by atoms with van der Waals surface area (Å²) in [5.74, 6) is -0.819. The minimum Gasteiger partial charge on any atom is -0.322 e. The largest absolute Gasteiger partial charge is 0.417 e. The molecule has 0 aliphatic rings. The fourth-order valence-electron chi connectivity index (χ4n) is 2.18. The summed E-state index contributed by atoms with van der Waals surface area (Å²) in [6, 6.07) is 8.20. The van der Waals surface area contributed by atoms with Crippen molar-refractivity contribution in [3.63, 3.8) is 0 Å². The molecule has 2 aromatic rings. The molecular weight excluding hydrogens is 428 g/mol. The Kier molecular flexibility index (Phi) is 6.41. The second-order valence-electron chi connectivity index (χ2n) is 5.40. The zero-order valence-corrected chi connectivity index (χ0v) is 16.0. The van der Waals surface area contributed by atoms with E-state index < -0.39 is 39.1 Å². The Morgan fingerprint density at radius 1 is 1.07 bits per heavy atom. The summed E-state index contributed by atoms with van der Waals surface area (Å²) in [6.45, 7) is -0.740.